The van der Waals surface area contributed by atoms with E-state index in [1.807, 2.05) is 25.1 Å². The van der Waals surface area contributed by atoms with Crippen LogP contribution in [0.2, 0.25) is 0 Å². The number of aryl methyl sites for hydroxylation is 2. The molecular weight excluding hydrogens is 306 g/mol. The third kappa shape index (κ3) is 3.23. The number of hydrogen-bond donors (Lipinski definition) is 1. The number of aromatic nitrogens is 2. The van der Waals surface area contributed by atoms with Crippen LogP contribution in [0.5, 0.6) is 0 Å². The molecule has 0 saturated carbocycles. The van der Waals surface area contributed by atoms with Crippen LogP contribution in [0.4, 0.5) is 5.69 Å². The number of para-hydroxylation sites is 1. The van der Waals surface area contributed by atoms with Crippen molar-refractivity contribution in [2.45, 2.75) is 20.4 Å². The summed E-state index contributed by atoms with van der Waals surface area (Å²) in [6, 6.07) is 8.09. The average Bonchev–Trinajstić information content (AvgIpc) is 2.40. The van der Waals surface area contributed by atoms with Gasteiger partial charge in [0.2, 0.25) is 0 Å². The molecule has 5 heteroatoms. The Labute approximate surface area is 120 Å². The van der Waals surface area contributed by atoms with Crippen LogP contribution in [0, 0.1) is 13.8 Å². The molecule has 0 atom stereocenters. The summed E-state index contributed by atoms with van der Waals surface area (Å²) in [4.78, 5) is 16.1. The summed E-state index contributed by atoms with van der Waals surface area (Å²) in [6.07, 6.45) is 1.54. The fraction of sp³-hybridized carbons (Fsp3) is 0.286. The highest BCUT2D eigenvalue weighted by molar-refractivity contribution is 9.10. The standard InChI is InChI=1S/C14H16BrN3O/c1-10-5-3-4-6-13(10)16-7-8-18-11(2)17-9-12(15)14(18)19/h3-6,9,16H,7-8H2,1-2H3. The molecule has 0 aliphatic heterocycles. The molecule has 0 aliphatic carbocycles. The molecule has 2 rings (SSSR count). The zero-order chi connectivity index (χ0) is 13.8. The van der Waals surface area contributed by atoms with Crippen molar-refractivity contribution in [1.82, 2.24) is 9.55 Å². The number of nitrogens with zero attached hydrogens (tertiary/aromatic N) is 2. The van der Waals surface area contributed by atoms with Crippen molar-refractivity contribution in [3.63, 3.8) is 0 Å². The zero-order valence-electron chi connectivity index (χ0n) is 11.0. The first-order valence-corrected chi connectivity index (χ1v) is 6.90. The van der Waals surface area contributed by atoms with Gasteiger partial charge in [0.1, 0.15) is 10.3 Å². The van der Waals surface area contributed by atoms with Crippen molar-refractivity contribution in [3.05, 3.63) is 56.7 Å². The first-order chi connectivity index (χ1) is 9.09. The van der Waals surface area contributed by atoms with Gasteiger partial charge in [-0.15, -0.1) is 0 Å². The van der Waals surface area contributed by atoms with Crippen molar-refractivity contribution < 1.29 is 0 Å². The second-order valence-electron chi connectivity index (χ2n) is 4.35. The molecule has 0 saturated heterocycles. The van der Waals surface area contributed by atoms with Gasteiger partial charge in [-0.05, 0) is 41.4 Å². The summed E-state index contributed by atoms with van der Waals surface area (Å²) < 4.78 is 2.16. The van der Waals surface area contributed by atoms with Crippen LogP contribution in [-0.4, -0.2) is 16.1 Å². The number of rotatable bonds is 4. The van der Waals surface area contributed by atoms with E-state index in [2.05, 4.69) is 39.2 Å². The minimum Gasteiger partial charge on any atom is -0.383 e. The largest absolute Gasteiger partial charge is 0.383 e. The monoisotopic (exact) mass is 321 g/mol. The molecule has 1 N–H and O–H groups in total. The van der Waals surface area contributed by atoms with E-state index in [4.69, 9.17) is 0 Å². The second kappa shape index (κ2) is 6.02. The highest BCUT2D eigenvalue weighted by Gasteiger charge is 2.05. The molecule has 0 bridgehead atoms. The summed E-state index contributed by atoms with van der Waals surface area (Å²) in [7, 11) is 0. The lowest BCUT2D eigenvalue weighted by atomic mass is 10.2. The number of anilines is 1. The van der Waals surface area contributed by atoms with E-state index in [-0.39, 0.29) is 5.56 Å². The molecule has 0 radical (unpaired) electrons. The topological polar surface area (TPSA) is 46.9 Å². The van der Waals surface area contributed by atoms with Gasteiger partial charge in [-0.25, -0.2) is 4.98 Å². The molecule has 1 aromatic heterocycles. The summed E-state index contributed by atoms with van der Waals surface area (Å²) in [6.45, 7) is 5.16. The van der Waals surface area contributed by atoms with E-state index < -0.39 is 0 Å². The average molecular weight is 322 g/mol. The van der Waals surface area contributed by atoms with Gasteiger partial charge >= 0.3 is 0 Å². The Balaban J connectivity index is 2.07. The van der Waals surface area contributed by atoms with Gasteiger partial charge in [0, 0.05) is 25.0 Å². The minimum absolute atomic E-state index is 0.0425. The zero-order valence-corrected chi connectivity index (χ0v) is 12.6. The Bertz CT molecular complexity index is 637. The molecule has 19 heavy (non-hydrogen) atoms. The van der Waals surface area contributed by atoms with Crippen LogP contribution in [0.1, 0.15) is 11.4 Å². The molecule has 0 unspecified atom stereocenters. The Kier molecular flexibility index (Phi) is 4.37. The van der Waals surface area contributed by atoms with Gasteiger partial charge in [-0.3, -0.25) is 9.36 Å². The van der Waals surface area contributed by atoms with Crippen molar-refractivity contribution >= 4 is 21.6 Å². The summed E-state index contributed by atoms with van der Waals surface area (Å²) in [5, 5.41) is 3.33. The van der Waals surface area contributed by atoms with E-state index in [0.29, 0.717) is 17.6 Å². The van der Waals surface area contributed by atoms with Crippen molar-refractivity contribution in [2.24, 2.45) is 0 Å². The molecule has 100 valence electrons. The predicted octanol–water partition coefficient (Wildman–Crippen LogP) is 2.73. The lowest BCUT2D eigenvalue weighted by Crippen LogP contribution is -2.27. The molecule has 2 aromatic rings. The van der Waals surface area contributed by atoms with Gasteiger partial charge in [-0.2, -0.15) is 0 Å². The Hall–Kier alpha value is -1.62. The number of hydrogen-bond acceptors (Lipinski definition) is 3. The van der Waals surface area contributed by atoms with Gasteiger partial charge in [0.25, 0.3) is 5.56 Å². The second-order valence-corrected chi connectivity index (χ2v) is 5.21. The van der Waals surface area contributed by atoms with Crippen LogP contribution in [-0.2, 0) is 6.54 Å². The highest BCUT2D eigenvalue weighted by Crippen LogP contribution is 2.12. The number of halogens is 1. The molecular formula is C14H16BrN3O. The SMILES string of the molecule is Cc1ccccc1NCCn1c(C)ncc(Br)c1=O. The summed E-state index contributed by atoms with van der Waals surface area (Å²) in [5.74, 6) is 0.722. The van der Waals surface area contributed by atoms with Gasteiger partial charge in [-0.1, -0.05) is 18.2 Å². The van der Waals surface area contributed by atoms with Crippen LogP contribution < -0.4 is 10.9 Å². The van der Waals surface area contributed by atoms with Crippen LogP contribution >= 0.6 is 15.9 Å². The van der Waals surface area contributed by atoms with E-state index in [9.17, 15) is 4.79 Å². The lowest BCUT2D eigenvalue weighted by molar-refractivity contribution is 0.648. The predicted molar refractivity (Wildman–Crippen MR) is 80.6 cm³/mol. The maximum Gasteiger partial charge on any atom is 0.267 e. The third-order valence-corrected chi connectivity index (χ3v) is 3.54. The Morgan fingerprint density at radius 1 is 1.32 bits per heavy atom. The van der Waals surface area contributed by atoms with Gasteiger partial charge in [0.15, 0.2) is 0 Å². The molecule has 0 fully saturated rings. The highest BCUT2D eigenvalue weighted by atomic mass is 79.9. The Morgan fingerprint density at radius 3 is 2.79 bits per heavy atom. The molecule has 0 amide bonds. The normalized spacial score (nSPS) is 10.5. The van der Waals surface area contributed by atoms with Crippen LogP contribution in [0.15, 0.2) is 39.7 Å². The van der Waals surface area contributed by atoms with Gasteiger partial charge in [0.05, 0.1) is 0 Å². The smallest absolute Gasteiger partial charge is 0.267 e. The summed E-state index contributed by atoms with van der Waals surface area (Å²) >= 11 is 3.21. The molecule has 1 aromatic carbocycles. The van der Waals surface area contributed by atoms with Crippen LogP contribution in [0.25, 0.3) is 0 Å². The summed E-state index contributed by atoms with van der Waals surface area (Å²) in [5.41, 5.74) is 2.24. The quantitative estimate of drug-likeness (QED) is 0.941. The van der Waals surface area contributed by atoms with E-state index in [1.54, 1.807) is 10.8 Å². The first kappa shape index (κ1) is 13.8. The molecule has 0 spiro atoms. The lowest BCUT2D eigenvalue weighted by Gasteiger charge is -2.12. The van der Waals surface area contributed by atoms with Crippen molar-refractivity contribution in [1.29, 1.82) is 0 Å². The van der Waals surface area contributed by atoms with Crippen LogP contribution in [0.3, 0.4) is 0 Å². The maximum absolute atomic E-state index is 11.9. The van der Waals surface area contributed by atoms with Crippen molar-refractivity contribution in [3.8, 4) is 0 Å². The van der Waals surface area contributed by atoms with Gasteiger partial charge < -0.3 is 5.32 Å². The van der Waals surface area contributed by atoms with E-state index >= 15 is 0 Å². The number of benzene rings is 1. The Morgan fingerprint density at radius 2 is 2.05 bits per heavy atom. The van der Waals surface area contributed by atoms with E-state index in [0.717, 1.165) is 11.5 Å². The minimum atomic E-state index is -0.0425. The van der Waals surface area contributed by atoms with E-state index in [1.165, 1.54) is 5.56 Å². The molecule has 0 aliphatic rings. The van der Waals surface area contributed by atoms with Crippen molar-refractivity contribution in [2.75, 3.05) is 11.9 Å². The first-order valence-electron chi connectivity index (χ1n) is 6.11. The fourth-order valence-electron chi connectivity index (χ4n) is 1.89. The maximum atomic E-state index is 11.9. The third-order valence-electron chi connectivity index (χ3n) is 3.00. The molecule has 4 nitrogen and oxygen atoms in total. The fourth-order valence-corrected chi connectivity index (χ4v) is 2.20. The number of nitrogens with one attached hydrogen (secondary N) is 1. The molecule has 1 heterocycles.